The van der Waals surface area contributed by atoms with Crippen LogP contribution in [-0.4, -0.2) is 48.3 Å². The van der Waals surface area contributed by atoms with Crippen LogP contribution in [0.25, 0.3) is 0 Å². The van der Waals surface area contributed by atoms with E-state index in [0.29, 0.717) is 17.6 Å². The molecule has 1 aromatic rings. The molecular weight excluding hydrogens is 300 g/mol. The molecule has 1 aliphatic heterocycles. The molecule has 2 rings (SSSR count). The summed E-state index contributed by atoms with van der Waals surface area (Å²) in [5.74, 6) is 0.00482. The van der Waals surface area contributed by atoms with E-state index in [1.54, 1.807) is 31.1 Å². The molecule has 1 unspecified atom stereocenters. The van der Waals surface area contributed by atoms with Crippen molar-refractivity contribution >= 4 is 27.7 Å². The number of carbonyl (C=O) groups is 2. The Morgan fingerprint density at radius 1 is 1.44 bits per heavy atom. The molecule has 1 atom stereocenters. The molecule has 0 saturated carbocycles. The first-order valence-corrected chi connectivity index (χ1v) is 6.57. The van der Waals surface area contributed by atoms with E-state index in [1.807, 2.05) is 0 Å². The average molecular weight is 315 g/mol. The van der Waals surface area contributed by atoms with Gasteiger partial charge in [-0.2, -0.15) is 0 Å². The Kier molecular flexibility index (Phi) is 3.75. The summed E-state index contributed by atoms with van der Waals surface area (Å²) in [6, 6.07) is 2.92. The lowest BCUT2D eigenvalue weighted by Gasteiger charge is -2.25. The molecule has 1 aliphatic rings. The smallest absolute Gasteiger partial charge is 0.290 e. The first kappa shape index (κ1) is 13.1. The van der Waals surface area contributed by atoms with Crippen LogP contribution in [0.5, 0.6) is 0 Å². The van der Waals surface area contributed by atoms with E-state index in [4.69, 9.17) is 4.42 Å². The van der Waals surface area contributed by atoms with Crippen LogP contribution < -0.4 is 0 Å². The SMILES string of the molecule is CN(C)C(=O)C1CCCN1C(=O)c1ccc(Br)o1. The molecule has 0 spiro atoms. The first-order chi connectivity index (χ1) is 8.50. The Balaban J connectivity index is 2.17. The van der Waals surface area contributed by atoms with E-state index in [0.717, 1.165) is 6.42 Å². The highest BCUT2D eigenvalue weighted by Crippen LogP contribution is 2.23. The fraction of sp³-hybridized carbons (Fsp3) is 0.500. The van der Waals surface area contributed by atoms with Gasteiger partial charge in [0.15, 0.2) is 10.4 Å². The molecule has 2 amide bonds. The van der Waals surface area contributed by atoms with Crippen molar-refractivity contribution in [1.82, 2.24) is 9.80 Å². The Morgan fingerprint density at radius 3 is 2.72 bits per heavy atom. The molecular formula is C12H15BrN2O3. The molecule has 0 N–H and O–H groups in total. The summed E-state index contributed by atoms with van der Waals surface area (Å²) in [7, 11) is 3.40. The van der Waals surface area contributed by atoms with Gasteiger partial charge in [-0.1, -0.05) is 0 Å². The van der Waals surface area contributed by atoms with Gasteiger partial charge in [-0.3, -0.25) is 9.59 Å². The molecule has 1 saturated heterocycles. The third-order valence-corrected chi connectivity index (χ3v) is 3.45. The molecule has 6 heteroatoms. The van der Waals surface area contributed by atoms with Crippen LogP contribution in [0.4, 0.5) is 0 Å². The van der Waals surface area contributed by atoms with Crippen molar-refractivity contribution in [1.29, 1.82) is 0 Å². The van der Waals surface area contributed by atoms with Crippen LogP contribution in [0, 0.1) is 0 Å². The minimum Gasteiger partial charge on any atom is -0.444 e. The number of hydrogen-bond acceptors (Lipinski definition) is 3. The van der Waals surface area contributed by atoms with Gasteiger partial charge >= 0.3 is 0 Å². The Morgan fingerprint density at radius 2 is 2.17 bits per heavy atom. The molecule has 0 radical (unpaired) electrons. The van der Waals surface area contributed by atoms with Gasteiger partial charge in [-0.25, -0.2) is 0 Å². The van der Waals surface area contributed by atoms with Gasteiger partial charge in [0.1, 0.15) is 6.04 Å². The number of carbonyl (C=O) groups excluding carboxylic acids is 2. The maximum atomic E-state index is 12.2. The Labute approximate surface area is 114 Å². The zero-order valence-electron chi connectivity index (χ0n) is 10.4. The lowest BCUT2D eigenvalue weighted by atomic mass is 10.2. The van der Waals surface area contributed by atoms with E-state index >= 15 is 0 Å². The van der Waals surface area contributed by atoms with Crippen molar-refractivity contribution in [3.8, 4) is 0 Å². The molecule has 0 aliphatic carbocycles. The first-order valence-electron chi connectivity index (χ1n) is 5.78. The van der Waals surface area contributed by atoms with Gasteiger partial charge in [0.25, 0.3) is 5.91 Å². The van der Waals surface area contributed by atoms with Crippen molar-refractivity contribution in [2.24, 2.45) is 0 Å². The molecule has 98 valence electrons. The molecule has 0 aromatic carbocycles. The zero-order valence-corrected chi connectivity index (χ0v) is 11.9. The zero-order chi connectivity index (χ0) is 13.3. The minimum absolute atomic E-state index is 0.0357. The van der Waals surface area contributed by atoms with Gasteiger partial charge in [0.05, 0.1) is 0 Å². The van der Waals surface area contributed by atoms with Crippen LogP contribution in [0.1, 0.15) is 23.4 Å². The molecule has 0 bridgehead atoms. The summed E-state index contributed by atoms with van der Waals surface area (Å²) >= 11 is 3.16. The third-order valence-electron chi connectivity index (χ3n) is 3.02. The predicted octanol–water partition coefficient (Wildman–Crippen LogP) is 1.73. The van der Waals surface area contributed by atoms with E-state index in [2.05, 4.69) is 15.9 Å². The van der Waals surface area contributed by atoms with Crippen molar-refractivity contribution in [3.63, 3.8) is 0 Å². The van der Waals surface area contributed by atoms with Gasteiger partial charge in [-0.15, -0.1) is 0 Å². The van der Waals surface area contributed by atoms with Crippen LogP contribution in [0.2, 0.25) is 0 Å². The number of halogens is 1. The van der Waals surface area contributed by atoms with Crippen molar-refractivity contribution in [2.75, 3.05) is 20.6 Å². The lowest BCUT2D eigenvalue weighted by Crippen LogP contribution is -2.45. The quantitative estimate of drug-likeness (QED) is 0.835. The number of likely N-dealkylation sites (tertiary alicyclic amines) is 1. The summed E-state index contributed by atoms with van der Waals surface area (Å²) in [5, 5.41) is 0. The Bertz CT molecular complexity index is 470. The molecule has 1 fully saturated rings. The summed E-state index contributed by atoms with van der Waals surface area (Å²) in [4.78, 5) is 27.3. The van der Waals surface area contributed by atoms with Crippen molar-refractivity contribution in [2.45, 2.75) is 18.9 Å². The van der Waals surface area contributed by atoms with Gasteiger partial charge in [-0.05, 0) is 40.9 Å². The predicted molar refractivity (Wildman–Crippen MR) is 69.2 cm³/mol. The van der Waals surface area contributed by atoms with Crippen molar-refractivity contribution in [3.05, 3.63) is 22.6 Å². The second kappa shape index (κ2) is 5.14. The van der Waals surface area contributed by atoms with E-state index < -0.39 is 0 Å². The standard InChI is InChI=1S/C12H15BrN2O3/c1-14(2)11(16)8-4-3-7-15(8)12(17)9-5-6-10(13)18-9/h5-6,8H,3-4,7H2,1-2H3. The summed E-state index contributed by atoms with van der Waals surface area (Å²) in [5.41, 5.74) is 0. The average Bonchev–Trinajstić information content (AvgIpc) is 2.95. The van der Waals surface area contributed by atoms with Crippen molar-refractivity contribution < 1.29 is 14.0 Å². The highest BCUT2D eigenvalue weighted by atomic mass is 79.9. The monoisotopic (exact) mass is 314 g/mol. The minimum atomic E-state index is -0.364. The molecule has 5 nitrogen and oxygen atoms in total. The number of likely N-dealkylation sites (N-methyl/N-ethyl adjacent to an activating group) is 1. The Hall–Kier alpha value is -1.30. The normalized spacial score (nSPS) is 19.1. The van der Waals surface area contributed by atoms with Crippen LogP contribution >= 0.6 is 15.9 Å². The topological polar surface area (TPSA) is 53.8 Å². The number of nitrogens with zero attached hydrogens (tertiary/aromatic N) is 2. The fourth-order valence-electron chi connectivity index (χ4n) is 2.14. The van der Waals surface area contributed by atoms with Gasteiger partial charge in [0.2, 0.25) is 5.91 Å². The maximum Gasteiger partial charge on any atom is 0.290 e. The van der Waals surface area contributed by atoms with Crippen LogP contribution in [0.15, 0.2) is 21.2 Å². The number of hydrogen-bond donors (Lipinski definition) is 0. The van der Waals surface area contributed by atoms with Crippen LogP contribution in [0.3, 0.4) is 0 Å². The second-order valence-corrected chi connectivity index (χ2v) is 5.27. The highest BCUT2D eigenvalue weighted by Gasteiger charge is 2.36. The second-order valence-electron chi connectivity index (χ2n) is 4.49. The fourth-order valence-corrected chi connectivity index (χ4v) is 2.44. The summed E-state index contributed by atoms with van der Waals surface area (Å²) < 4.78 is 5.76. The third kappa shape index (κ3) is 2.43. The lowest BCUT2D eigenvalue weighted by molar-refractivity contribution is -0.132. The van der Waals surface area contributed by atoms with E-state index in [-0.39, 0.29) is 23.6 Å². The maximum absolute atomic E-state index is 12.2. The number of rotatable bonds is 2. The van der Waals surface area contributed by atoms with Crippen LogP contribution in [-0.2, 0) is 4.79 Å². The number of furan rings is 1. The molecule has 18 heavy (non-hydrogen) atoms. The highest BCUT2D eigenvalue weighted by molar-refractivity contribution is 9.10. The molecule has 2 heterocycles. The van der Waals surface area contributed by atoms with E-state index in [1.165, 1.54) is 4.90 Å². The number of amides is 2. The summed E-state index contributed by atoms with van der Waals surface area (Å²) in [6.45, 7) is 0.599. The largest absolute Gasteiger partial charge is 0.444 e. The summed E-state index contributed by atoms with van der Waals surface area (Å²) in [6.07, 6.45) is 1.56. The van der Waals surface area contributed by atoms with E-state index in [9.17, 15) is 9.59 Å². The van der Waals surface area contributed by atoms with Gasteiger partial charge < -0.3 is 14.2 Å². The molecule has 1 aromatic heterocycles. The van der Waals surface area contributed by atoms with Gasteiger partial charge in [0, 0.05) is 20.6 Å².